The van der Waals surface area contributed by atoms with Crippen LogP contribution in [0.5, 0.6) is 0 Å². The summed E-state index contributed by atoms with van der Waals surface area (Å²) >= 11 is 0. The highest BCUT2D eigenvalue weighted by molar-refractivity contribution is 6.18. The van der Waals surface area contributed by atoms with E-state index in [1.165, 1.54) is 0 Å². The van der Waals surface area contributed by atoms with Gasteiger partial charge in [-0.15, -0.1) is 0 Å². The first-order chi connectivity index (χ1) is 20.3. The second kappa shape index (κ2) is 16.7. The van der Waals surface area contributed by atoms with Gasteiger partial charge in [0.25, 0.3) is 0 Å². The molecule has 0 bridgehead atoms. The van der Waals surface area contributed by atoms with Crippen molar-refractivity contribution >= 4 is 35.4 Å². The van der Waals surface area contributed by atoms with Gasteiger partial charge in [-0.05, 0) is 29.9 Å². The number of ether oxygens (including phenoxy) is 2. The molecule has 0 heterocycles. The van der Waals surface area contributed by atoms with E-state index in [0.29, 0.717) is 11.1 Å². The Hall–Kier alpha value is -4.62. The van der Waals surface area contributed by atoms with E-state index in [2.05, 4.69) is 10.6 Å². The molecule has 0 aliphatic heterocycles. The fraction of sp³-hybridized carbons (Fsp3) is 0.400. The predicted octanol–water partition coefficient (Wildman–Crippen LogP) is 1.60. The maximum Gasteiger partial charge on any atom is 0.408 e. The third-order valence-electron chi connectivity index (χ3n) is 6.31. The number of carbonyl (C=O) groups is 6. The summed E-state index contributed by atoms with van der Waals surface area (Å²) in [6.07, 6.45) is -3.29. The van der Waals surface area contributed by atoms with Crippen molar-refractivity contribution in [2.45, 2.75) is 70.5 Å². The number of hydrogen-bond donors (Lipinski definition) is 5. The summed E-state index contributed by atoms with van der Waals surface area (Å²) in [7, 11) is 0. The number of hydrogen-bond acceptors (Lipinski definition) is 10. The van der Waals surface area contributed by atoms with Crippen LogP contribution in [0.2, 0.25) is 0 Å². The zero-order chi connectivity index (χ0) is 32.0. The molecule has 0 fully saturated rings. The van der Waals surface area contributed by atoms with E-state index in [1.807, 2.05) is 0 Å². The first-order valence-electron chi connectivity index (χ1n) is 13.7. The molecule has 13 nitrogen and oxygen atoms in total. The van der Waals surface area contributed by atoms with Crippen LogP contribution in [0.15, 0.2) is 60.7 Å². The summed E-state index contributed by atoms with van der Waals surface area (Å²) < 4.78 is 10.3. The van der Waals surface area contributed by atoms with Crippen LogP contribution in [0, 0.1) is 5.92 Å². The summed E-state index contributed by atoms with van der Waals surface area (Å²) in [4.78, 5) is 75.6. The third kappa shape index (κ3) is 12.0. The minimum absolute atomic E-state index is 0.0629. The highest BCUT2D eigenvalue weighted by Crippen LogP contribution is 2.14. The molecule has 2 rings (SSSR count). The second-order valence-electron chi connectivity index (χ2n) is 10.5. The fourth-order valence-corrected chi connectivity index (χ4v) is 3.97. The molecule has 232 valence electrons. The average molecular weight is 598 g/mol. The lowest BCUT2D eigenvalue weighted by Gasteiger charge is -2.28. The van der Waals surface area contributed by atoms with Crippen LogP contribution in [-0.2, 0) is 41.9 Å². The highest BCUT2D eigenvalue weighted by atomic mass is 16.6. The fourth-order valence-electron chi connectivity index (χ4n) is 3.97. The smallest absolute Gasteiger partial charge is 0.408 e. The van der Waals surface area contributed by atoms with E-state index in [9.17, 15) is 28.8 Å². The van der Waals surface area contributed by atoms with Crippen molar-refractivity contribution in [2.24, 2.45) is 23.1 Å². The molecule has 13 heteroatoms. The lowest BCUT2D eigenvalue weighted by molar-refractivity contribution is -0.138. The molecule has 0 saturated heterocycles. The lowest BCUT2D eigenvalue weighted by Crippen LogP contribution is -2.68. The van der Waals surface area contributed by atoms with Gasteiger partial charge in [-0.1, -0.05) is 74.5 Å². The molecule has 2 aromatic rings. The number of primary amides is 1. The first-order valence-corrected chi connectivity index (χ1v) is 13.7. The Balaban J connectivity index is 2.06. The molecular weight excluding hydrogens is 558 g/mol. The first kappa shape index (κ1) is 34.6. The highest BCUT2D eigenvalue weighted by Gasteiger charge is 2.43. The molecule has 0 spiro atoms. The van der Waals surface area contributed by atoms with Crippen LogP contribution in [0.4, 0.5) is 9.59 Å². The van der Waals surface area contributed by atoms with Gasteiger partial charge in [0, 0.05) is 6.42 Å². The number of rotatable bonds is 17. The molecule has 0 radical (unpaired) electrons. The van der Waals surface area contributed by atoms with Crippen molar-refractivity contribution in [1.29, 1.82) is 0 Å². The SMILES string of the molecule is CC(C)C[C@H](NC(=O)OCc1ccccc1)C(=O)C(N)(N)C(=O)CC(=O)[C@H](CCC(N)=O)NC(=O)OCc1ccccc1. The van der Waals surface area contributed by atoms with Gasteiger partial charge in [0.15, 0.2) is 23.0 Å². The summed E-state index contributed by atoms with van der Waals surface area (Å²) in [5, 5.41) is 4.73. The van der Waals surface area contributed by atoms with Crippen LogP contribution in [-0.4, -0.2) is 53.2 Å². The van der Waals surface area contributed by atoms with Crippen molar-refractivity contribution in [3.05, 3.63) is 71.8 Å². The maximum atomic E-state index is 13.3. The number of amides is 3. The molecule has 3 amide bonds. The van der Waals surface area contributed by atoms with E-state index >= 15 is 0 Å². The van der Waals surface area contributed by atoms with Gasteiger partial charge in [-0.25, -0.2) is 9.59 Å². The molecular formula is C30H39N5O8. The average Bonchev–Trinajstić information content (AvgIpc) is 2.97. The van der Waals surface area contributed by atoms with Crippen LogP contribution in [0.3, 0.4) is 0 Å². The van der Waals surface area contributed by atoms with Crippen LogP contribution in [0.1, 0.15) is 50.7 Å². The Bertz CT molecular complexity index is 1270. The Morgan fingerprint density at radius 1 is 0.767 bits per heavy atom. The number of alkyl carbamates (subject to hydrolysis) is 2. The number of Topliss-reactive ketones (excluding diaryl/α,β-unsaturated/α-hetero) is 3. The molecule has 0 unspecified atom stereocenters. The Morgan fingerprint density at radius 3 is 1.67 bits per heavy atom. The predicted molar refractivity (Wildman–Crippen MR) is 156 cm³/mol. The second-order valence-corrected chi connectivity index (χ2v) is 10.5. The summed E-state index contributed by atoms with van der Waals surface area (Å²) in [5.41, 5.74) is 15.8. The van der Waals surface area contributed by atoms with Gasteiger partial charge in [-0.3, -0.25) is 19.2 Å². The van der Waals surface area contributed by atoms with Crippen molar-refractivity contribution < 1.29 is 38.2 Å². The molecule has 8 N–H and O–H groups in total. The van der Waals surface area contributed by atoms with Crippen LogP contribution >= 0.6 is 0 Å². The van der Waals surface area contributed by atoms with E-state index in [4.69, 9.17) is 26.7 Å². The molecule has 0 saturated carbocycles. The number of ketones is 3. The number of nitrogens with one attached hydrogen (secondary N) is 2. The molecule has 0 aliphatic carbocycles. The van der Waals surface area contributed by atoms with Crippen LogP contribution < -0.4 is 27.8 Å². The van der Waals surface area contributed by atoms with Crippen molar-refractivity contribution in [3.63, 3.8) is 0 Å². The molecule has 0 aliphatic rings. The van der Waals surface area contributed by atoms with Crippen molar-refractivity contribution in [2.75, 3.05) is 0 Å². The van der Waals surface area contributed by atoms with E-state index in [0.717, 1.165) is 0 Å². The summed E-state index contributed by atoms with van der Waals surface area (Å²) in [6, 6.07) is 14.9. The normalized spacial score (nSPS) is 12.5. The van der Waals surface area contributed by atoms with Gasteiger partial charge in [-0.2, -0.15) is 0 Å². The zero-order valence-electron chi connectivity index (χ0n) is 24.2. The number of carbonyl (C=O) groups excluding carboxylic acids is 6. The van der Waals surface area contributed by atoms with Gasteiger partial charge < -0.3 is 37.3 Å². The Kier molecular flexibility index (Phi) is 13.5. The zero-order valence-corrected chi connectivity index (χ0v) is 24.2. The molecule has 0 aromatic heterocycles. The van der Waals surface area contributed by atoms with E-state index < -0.39 is 59.6 Å². The van der Waals surface area contributed by atoms with Crippen molar-refractivity contribution in [1.82, 2.24) is 10.6 Å². The lowest BCUT2D eigenvalue weighted by atomic mass is 9.88. The van der Waals surface area contributed by atoms with E-state index in [1.54, 1.807) is 74.5 Å². The minimum Gasteiger partial charge on any atom is -0.445 e. The van der Waals surface area contributed by atoms with Gasteiger partial charge in [0.1, 0.15) is 13.2 Å². The van der Waals surface area contributed by atoms with Crippen LogP contribution in [0.25, 0.3) is 0 Å². The Labute approximate surface area is 249 Å². The van der Waals surface area contributed by atoms with Crippen molar-refractivity contribution in [3.8, 4) is 0 Å². The van der Waals surface area contributed by atoms with Gasteiger partial charge in [0.05, 0.1) is 18.5 Å². The van der Waals surface area contributed by atoms with Gasteiger partial charge >= 0.3 is 12.2 Å². The largest absolute Gasteiger partial charge is 0.445 e. The topological polar surface area (TPSA) is 223 Å². The molecule has 43 heavy (non-hydrogen) atoms. The molecule has 2 aromatic carbocycles. The number of benzene rings is 2. The Morgan fingerprint density at radius 2 is 1.23 bits per heavy atom. The van der Waals surface area contributed by atoms with Gasteiger partial charge in [0.2, 0.25) is 5.91 Å². The minimum atomic E-state index is -2.66. The standard InChI is InChI=1S/C30H39N5O8/c1-19(2)15-23(35-29(41)43-18-21-11-7-4-8-12-21)27(39)30(32,33)25(37)16-24(36)22(13-14-26(31)38)34-28(40)42-17-20-9-5-3-6-10-20/h3-12,19,22-23H,13-18,32-33H2,1-2H3,(H2,31,38)(H,34,40)(H,35,41)/t22-,23-/m0/s1. The third-order valence-corrected chi connectivity index (χ3v) is 6.31. The maximum absolute atomic E-state index is 13.3. The number of nitrogens with two attached hydrogens (primary N) is 3. The summed E-state index contributed by atoms with van der Waals surface area (Å²) in [5.74, 6) is -3.92. The van der Waals surface area contributed by atoms with E-state index in [-0.39, 0.29) is 38.4 Å². The quantitative estimate of drug-likeness (QED) is 0.131. The monoisotopic (exact) mass is 597 g/mol. The summed E-state index contributed by atoms with van der Waals surface area (Å²) in [6.45, 7) is 3.41. The molecule has 2 atom stereocenters.